The van der Waals surface area contributed by atoms with E-state index in [2.05, 4.69) is 161 Å². The average molecular weight is 591 g/mol. The topological polar surface area (TPSA) is 34.0 Å². The maximum atomic E-state index is 5.50. The molecule has 46 heavy (non-hydrogen) atoms. The fraction of sp³-hybridized carbons (Fsp3) is 0. The molecule has 0 unspecified atom stereocenters. The molecule has 2 heterocycles. The molecule has 8 aromatic rings. The van der Waals surface area contributed by atoms with Gasteiger partial charge in [-0.3, -0.25) is 9.47 Å². The molecule has 4 heteroatoms. The third-order valence-corrected chi connectivity index (χ3v) is 8.23. The van der Waals surface area contributed by atoms with Gasteiger partial charge in [-0.25, -0.2) is 9.97 Å². The van der Waals surface area contributed by atoms with Gasteiger partial charge in [0.15, 0.2) is 0 Å². The van der Waals surface area contributed by atoms with E-state index in [1.165, 1.54) is 0 Å². The molecule has 0 saturated carbocycles. The number of fused-ring (bicyclic) bond motifs is 1. The molecule has 6 aromatic carbocycles. The van der Waals surface area contributed by atoms with Gasteiger partial charge in [-0.2, -0.15) is 0 Å². The van der Waals surface area contributed by atoms with Crippen molar-refractivity contribution in [1.82, 2.24) is 14.5 Å². The highest BCUT2D eigenvalue weighted by atomic mass is 15.3. The molecular formula is C42H30N4. The summed E-state index contributed by atoms with van der Waals surface area (Å²) in [6, 6.07) is 62.9. The smallest absolute Gasteiger partial charge is 0.221 e. The van der Waals surface area contributed by atoms with Crippen molar-refractivity contribution >= 4 is 28.5 Å². The summed E-state index contributed by atoms with van der Waals surface area (Å²) in [4.78, 5) is 12.9. The summed E-state index contributed by atoms with van der Waals surface area (Å²) in [5.74, 6) is 1.54. The van der Waals surface area contributed by atoms with Crippen LogP contribution in [0, 0.1) is 0 Å². The molecule has 0 atom stereocenters. The zero-order valence-electron chi connectivity index (χ0n) is 25.1. The van der Waals surface area contributed by atoms with Gasteiger partial charge < -0.3 is 0 Å². The maximum Gasteiger partial charge on any atom is 0.221 e. The van der Waals surface area contributed by atoms with Gasteiger partial charge in [0.25, 0.3) is 0 Å². The van der Waals surface area contributed by atoms with Crippen LogP contribution >= 0.6 is 0 Å². The van der Waals surface area contributed by atoms with E-state index in [1.54, 1.807) is 0 Å². The van der Waals surface area contributed by atoms with Crippen LogP contribution in [0.4, 0.5) is 17.5 Å². The number of pyridine rings is 1. The Labute approximate surface area is 268 Å². The van der Waals surface area contributed by atoms with Gasteiger partial charge in [0, 0.05) is 16.7 Å². The Kier molecular flexibility index (Phi) is 7.14. The molecule has 0 saturated heterocycles. The molecule has 0 amide bonds. The Morgan fingerprint density at radius 2 is 0.957 bits per heavy atom. The third kappa shape index (κ3) is 5.02. The number of imidazole rings is 1. The minimum atomic E-state index is 0.755. The van der Waals surface area contributed by atoms with E-state index in [0.29, 0.717) is 0 Å². The van der Waals surface area contributed by atoms with Crippen LogP contribution < -0.4 is 4.90 Å². The predicted molar refractivity (Wildman–Crippen MR) is 190 cm³/mol. The van der Waals surface area contributed by atoms with Gasteiger partial charge >= 0.3 is 0 Å². The lowest BCUT2D eigenvalue weighted by Crippen LogP contribution is -2.17. The molecule has 4 nitrogen and oxygen atoms in total. The highest BCUT2D eigenvalue weighted by Crippen LogP contribution is 2.41. The van der Waals surface area contributed by atoms with Gasteiger partial charge in [0.05, 0.1) is 28.1 Å². The van der Waals surface area contributed by atoms with Crippen molar-refractivity contribution in [2.75, 3.05) is 4.90 Å². The van der Waals surface area contributed by atoms with Gasteiger partial charge in [0.2, 0.25) is 5.95 Å². The molecule has 0 aliphatic rings. The lowest BCUT2D eigenvalue weighted by molar-refractivity contribution is 1.02. The van der Waals surface area contributed by atoms with Crippen LogP contribution in [0.5, 0.6) is 0 Å². The molecule has 218 valence electrons. The maximum absolute atomic E-state index is 5.50. The second-order valence-electron chi connectivity index (χ2n) is 11.1. The van der Waals surface area contributed by atoms with E-state index in [1.807, 2.05) is 30.3 Å². The summed E-state index contributed by atoms with van der Waals surface area (Å²) in [5, 5.41) is 0. The van der Waals surface area contributed by atoms with Crippen molar-refractivity contribution in [2.24, 2.45) is 0 Å². The quantitative estimate of drug-likeness (QED) is 0.185. The monoisotopic (exact) mass is 590 g/mol. The number of rotatable bonds is 7. The van der Waals surface area contributed by atoms with Gasteiger partial charge in [0.1, 0.15) is 5.82 Å². The Bertz CT molecular complexity index is 2240. The Morgan fingerprint density at radius 3 is 1.65 bits per heavy atom. The summed E-state index contributed by atoms with van der Waals surface area (Å²) in [6.45, 7) is 0. The molecule has 2 aromatic heterocycles. The molecule has 0 radical (unpaired) electrons. The van der Waals surface area contributed by atoms with E-state index >= 15 is 0 Å². The standard InChI is InChI=1S/C42H30N4/c1-5-17-31(18-6-1)35-25-13-14-28-38(35)46-39-29-15-26-36(32-19-7-2-8-20-32)41(39)44-42(46)45(34-23-11-4-12-24-34)40-30-16-27-37(43-40)33-21-9-3-10-22-33/h1-30H. The first-order chi connectivity index (χ1) is 22.8. The van der Waals surface area contributed by atoms with Crippen LogP contribution in [0.1, 0.15) is 0 Å². The van der Waals surface area contributed by atoms with Crippen LogP contribution in [0.15, 0.2) is 182 Å². The Morgan fingerprint density at radius 1 is 0.413 bits per heavy atom. The van der Waals surface area contributed by atoms with Gasteiger partial charge in [-0.15, -0.1) is 0 Å². The van der Waals surface area contributed by atoms with Crippen molar-refractivity contribution < 1.29 is 0 Å². The lowest BCUT2D eigenvalue weighted by Gasteiger charge is -2.25. The SMILES string of the molecule is c1ccc(-c2cccc(N(c3ccccc3)c3nc4c(-c5ccccc5)cccc4n3-c3ccccc3-c3ccccc3)n2)cc1. The summed E-state index contributed by atoms with van der Waals surface area (Å²) < 4.78 is 2.29. The summed E-state index contributed by atoms with van der Waals surface area (Å²) in [7, 11) is 0. The van der Waals surface area contributed by atoms with Crippen LogP contribution in [0.3, 0.4) is 0 Å². The lowest BCUT2D eigenvalue weighted by atomic mass is 10.0. The normalized spacial score (nSPS) is 11.0. The number of hydrogen-bond acceptors (Lipinski definition) is 3. The van der Waals surface area contributed by atoms with Crippen molar-refractivity contribution in [2.45, 2.75) is 0 Å². The Balaban J connectivity index is 1.45. The first kappa shape index (κ1) is 27.3. The number of para-hydroxylation sites is 3. The summed E-state index contributed by atoms with van der Waals surface area (Å²) >= 11 is 0. The highest BCUT2D eigenvalue weighted by Gasteiger charge is 2.25. The largest absolute Gasteiger partial charge is 0.277 e. The zero-order valence-corrected chi connectivity index (χ0v) is 25.1. The van der Waals surface area contributed by atoms with Crippen LogP contribution in [-0.2, 0) is 0 Å². The third-order valence-electron chi connectivity index (χ3n) is 8.23. The number of nitrogens with zero attached hydrogens (tertiary/aromatic N) is 4. The van der Waals surface area contributed by atoms with Crippen molar-refractivity contribution in [3.63, 3.8) is 0 Å². The van der Waals surface area contributed by atoms with Crippen molar-refractivity contribution in [3.8, 4) is 39.2 Å². The van der Waals surface area contributed by atoms with Crippen LogP contribution in [0.2, 0.25) is 0 Å². The number of aromatic nitrogens is 3. The molecule has 0 N–H and O–H groups in total. The first-order valence-corrected chi connectivity index (χ1v) is 15.4. The number of hydrogen-bond donors (Lipinski definition) is 0. The fourth-order valence-corrected chi connectivity index (χ4v) is 6.10. The molecule has 8 rings (SSSR count). The van der Waals surface area contributed by atoms with Crippen molar-refractivity contribution in [1.29, 1.82) is 0 Å². The van der Waals surface area contributed by atoms with E-state index in [4.69, 9.17) is 9.97 Å². The number of benzene rings is 6. The number of anilines is 3. The van der Waals surface area contributed by atoms with Crippen LogP contribution in [-0.4, -0.2) is 14.5 Å². The average Bonchev–Trinajstić information content (AvgIpc) is 3.52. The summed E-state index contributed by atoms with van der Waals surface area (Å²) in [6.07, 6.45) is 0. The van der Waals surface area contributed by atoms with Crippen LogP contribution in [0.25, 0.3) is 50.2 Å². The molecule has 0 aliphatic heterocycles. The van der Waals surface area contributed by atoms with Gasteiger partial charge in [-0.1, -0.05) is 146 Å². The first-order valence-electron chi connectivity index (χ1n) is 15.4. The molecule has 0 bridgehead atoms. The fourth-order valence-electron chi connectivity index (χ4n) is 6.10. The minimum Gasteiger partial charge on any atom is -0.277 e. The highest BCUT2D eigenvalue weighted by molar-refractivity contribution is 5.97. The minimum absolute atomic E-state index is 0.755. The summed E-state index contributed by atoms with van der Waals surface area (Å²) in [5.41, 5.74) is 10.4. The van der Waals surface area contributed by atoms with Gasteiger partial charge in [-0.05, 0) is 47.5 Å². The zero-order chi connectivity index (χ0) is 30.7. The molecule has 0 aliphatic carbocycles. The second kappa shape index (κ2) is 12.0. The van der Waals surface area contributed by atoms with E-state index < -0.39 is 0 Å². The van der Waals surface area contributed by atoms with E-state index in [-0.39, 0.29) is 0 Å². The van der Waals surface area contributed by atoms with E-state index in [0.717, 1.165) is 67.7 Å². The molecule has 0 fully saturated rings. The Hall–Kier alpha value is -6.26. The molecule has 0 spiro atoms. The van der Waals surface area contributed by atoms with Crippen molar-refractivity contribution in [3.05, 3.63) is 182 Å². The molecular weight excluding hydrogens is 560 g/mol. The predicted octanol–water partition coefficient (Wildman–Crippen LogP) is 10.9. The van der Waals surface area contributed by atoms with E-state index in [9.17, 15) is 0 Å². The second-order valence-corrected chi connectivity index (χ2v) is 11.1.